The van der Waals surface area contributed by atoms with E-state index in [2.05, 4.69) is 29.4 Å². The summed E-state index contributed by atoms with van der Waals surface area (Å²) < 4.78 is 5.21. The van der Waals surface area contributed by atoms with Crippen LogP contribution in [-0.2, 0) is 0 Å². The zero-order valence-corrected chi connectivity index (χ0v) is 10.6. The lowest BCUT2D eigenvalue weighted by molar-refractivity contribution is 0.412. The summed E-state index contributed by atoms with van der Waals surface area (Å²) in [7, 11) is 1.68. The highest BCUT2D eigenvalue weighted by atomic mass is 16.5. The van der Waals surface area contributed by atoms with Gasteiger partial charge in [-0.1, -0.05) is 13.0 Å². The van der Waals surface area contributed by atoms with E-state index in [1.165, 1.54) is 17.6 Å². The number of hydrogen-bond donors (Lipinski definition) is 1. The lowest BCUT2D eigenvalue weighted by Gasteiger charge is -2.23. The Hall–Kier alpha value is -1.35. The fourth-order valence-electron chi connectivity index (χ4n) is 2.31. The number of pyridine rings is 1. The molecule has 1 N–H and O–H groups in total. The Labute approximate surface area is 103 Å². The fourth-order valence-corrected chi connectivity index (χ4v) is 2.31. The van der Waals surface area contributed by atoms with E-state index >= 15 is 0 Å². The largest absolute Gasteiger partial charge is 0.495 e. The van der Waals surface area contributed by atoms with E-state index in [-0.39, 0.29) is 0 Å². The number of rotatable bonds is 4. The van der Waals surface area contributed by atoms with E-state index in [0.29, 0.717) is 6.04 Å². The van der Waals surface area contributed by atoms with E-state index in [1.54, 1.807) is 13.3 Å². The van der Waals surface area contributed by atoms with Crippen LogP contribution in [0, 0.1) is 0 Å². The van der Waals surface area contributed by atoms with Crippen molar-refractivity contribution in [3.8, 4) is 5.75 Å². The topological polar surface area (TPSA) is 34.2 Å². The Morgan fingerprint density at radius 2 is 2.35 bits per heavy atom. The van der Waals surface area contributed by atoms with Crippen molar-refractivity contribution >= 4 is 5.57 Å². The summed E-state index contributed by atoms with van der Waals surface area (Å²) >= 11 is 0. The summed E-state index contributed by atoms with van der Waals surface area (Å²) in [5.74, 6) is 0.828. The molecule has 0 fully saturated rings. The van der Waals surface area contributed by atoms with Crippen LogP contribution >= 0.6 is 0 Å². The summed E-state index contributed by atoms with van der Waals surface area (Å²) in [4.78, 5) is 4.22. The smallest absolute Gasteiger partial charge is 0.137 e. The number of nitrogens with zero attached hydrogens (tertiary/aromatic N) is 1. The lowest BCUT2D eigenvalue weighted by Crippen LogP contribution is -2.30. The molecule has 1 aromatic heterocycles. The highest BCUT2D eigenvalue weighted by molar-refractivity contribution is 5.67. The molecule has 0 radical (unpaired) electrons. The summed E-state index contributed by atoms with van der Waals surface area (Å²) in [6, 6.07) is 2.67. The molecule has 2 rings (SSSR count). The maximum absolute atomic E-state index is 5.21. The molecule has 0 aliphatic heterocycles. The van der Waals surface area contributed by atoms with Crippen LogP contribution in [0.3, 0.4) is 0 Å². The van der Waals surface area contributed by atoms with Crippen molar-refractivity contribution in [1.29, 1.82) is 0 Å². The fraction of sp³-hybridized carbons (Fsp3) is 0.500. The first kappa shape index (κ1) is 12.1. The van der Waals surface area contributed by atoms with Gasteiger partial charge in [-0.25, -0.2) is 0 Å². The molecule has 1 unspecified atom stereocenters. The predicted molar refractivity (Wildman–Crippen MR) is 70.1 cm³/mol. The first-order chi connectivity index (χ1) is 8.33. The first-order valence-corrected chi connectivity index (χ1v) is 6.25. The summed E-state index contributed by atoms with van der Waals surface area (Å²) in [5, 5.41) is 3.52. The van der Waals surface area contributed by atoms with Gasteiger partial charge < -0.3 is 10.1 Å². The van der Waals surface area contributed by atoms with Crippen LogP contribution in [0.4, 0.5) is 0 Å². The SMILES string of the molecule is CCNC1CCC=C(c2cncc(OC)c2)C1. The van der Waals surface area contributed by atoms with Gasteiger partial charge in [0.2, 0.25) is 0 Å². The molecular formula is C14H20N2O. The molecule has 3 nitrogen and oxygen atoms in total. The number of ether oxygens (including phenoxy) is 1. The molecule has 0 amide bonds. The number of nitrogens with one attached hydrogen (secondary N) is 1. The van der Waals surface area contributed by atoms with E-state index in [1.807, 2.05) is 6.20 Å². The van der Waals surface area contributed by atoms with Crippen molar-refractivity contribution in [2.45, 2.75) is 32.2 Å². The van der Waals surface area contributed by atoms with Gasteiger partial charge in [-0.2, -0.15) is 0 Å². The van der Waals surface area contributed by atoms with Gasteiger partial charge >= 0.3 is 0 Å². The first-order valence-electron chi connectivity index (χ1n) is 6.25. The van der Waals surface area contributed by atoms with Crippen LogP contribution in [-0.4, -0.2) is 24.7 Å². The average molecular weight is 232 g/mol. The van der Waals surface area contributed by atoms with Gasteiger partial charge in [0.1, 0.15) is 5.75 Å². The summed E-state index contributed by atoms with van der Waals surface area (Å²) in [6.45, 7) is 3.19. The molecule has 1 aliphatic carbocycles. The van der Waals surface area contributed by atoms with Gasteiger partial charge in [-0.05, 0) is 43.0 Å². The molecule has 1 aliphatic rings. The van der Waals surface area contributed by atoms with Crippen LogP contribution in [0.5, 0.6) is 5.75 Å². The van der Waals surface area contributed by atoms with Crippen molar-refractivity contribution < 1.29 is 4.74 Å². The van der Waals surface area contributed by atoms with Crippen molar-refractivity contribution in [2.24, 2.45) is 0 Å². The van der Waals surface area contributed by atoms with E-state index < -0.39 is 0 Å². The van der Waals surface area contributed by atoms with Gasteiger partial charge in [0.25, 0.3) is 0 Å². The van der Waals surface area contributed by atoms with E-state index in [9.17, 15) is 0 Å². The molecular weight excluding hydrogens is 212 g/mol. The summed E-state index contributed by atoms with van der Waals surface area (Å²) in [6.07, 6.45) is 9.45. The van der Waals surface area contributed by atoms with Crippen LogP contribution in [0.25, 0.3) is 5.57 Å². The molecule has 0 saturated heterocycles. The molecule has 0 spiro atoms. The minimum atomic E-state index is 0.603. The lowest BCUT2D eigenvalue weighted by atomic mass is 9.91. The van der Waals surface area contributed by atoms with Crippen molar-refractivity contribution in [2.75, 3.05) is 13.7 Å². The number of hydrogen-bond acceptors (Lipinski definition) is 3. The maximum Gasteiger partial charge on any atom is 0.137 e. The average Bonchev–Trinajstić information content (AvgIpc) is 2.40. The normalized spacial score (nSPS) is 19.9. The molecule has 1 aromatic rings. The van der Waals surface area contributed by atoms with E-state index in [0.717, 1.165) is 25.1 Å². The van der Waals surface area contributed by atoms with Crippen LogP contribution < -0.4 is 10.1 Å². The predicted octanol–water partition coefficient (Wildman–Crippen LogP) is 2.64. The maximum atomic E-state index is 5.21. The molecule has 17 heavy (non-hydrogen) atoms. The standard InChI is InChI=1S/C14H20N2O/c1-3-16-13-6-4-5-11(7-13)12-8-14(17-2)10-15-9-12/h5,8-10,13,16H,3-4,6-7H2,1-2H3. The van der Waals surface area contributed by atoms with Gasteiger partial charge in [0.05, 0.1) is 13.3 Å². The Morgan fingerprint density at radius 1 is 1.47 bits per heavy atom. The highest BCUT2D eigenvalue weighted by Crippen LogP contribution is 2.28. The molecule has 3 heteroatoms. The van der Waals surface area contributed by atoms with Gasteiger partial charge in [-0.15, -0.1) is 0 Å². The zero-order chi connectivity index (χ0) is 12.1. The summed E-state index contributed by atoms with van der Waals surface area (Å²) in [5.41, 5.74) is 2.57. The molecule has 1 atom stereocenters. The van der Waals surface area contributed by atoms with Gasteiger partial charge in [-0.3, -0.25) is 4.98 Å². The second-order valence-corrected chi connectivity index (χ2v) is 4.38. The van der Waals surface area contributed by atoms with Crippen molar-refractivity contribution in [1.82, 2.24) is 10.3 Å². The van der Waals surface area contributed by atoms with Crippen LogP contribution in [0.15, 0.2) is 24.5 Å². The monoisotopic (exact) mass is 232 g/mol. The van der Waals surface area contributed by atoms with Crippen molar-refractivity contribution in [3.63, 3.8) is 0 Å². The third-order valence-electron chi connectivity index (χ3n) is 3.18. The third kappa shape index (κ3) is 3.07. The third-order valence-corrected chi connectivity index (χ3v) is 3.18. The van der Waals surface area contributed by atoms with Crippen molar-refractivity contribution in [3.05, 3.63) is 30.1 Å². The molecule has 0 saturated carbocycles. The Morgan fingerprint density at radius 3 is 3.12 bits per heavy atom. The highest BCUT2D eigenvalue weighted by Gasteiger charge is 2.15. The van der Waals surface area contributed by atoms with Crippen LogP contribution in [0.2, 0.25) is 0 Å². The Bertz CT molecular complexity index is 401. The zero-order valence-electron chi connectivity index (χ0n) is 10.6. The molecule has 92 valence electrons. The number of allylic oxidation sites excluding steroid dienone is 1. The molecule has 1 heterocycles. The molecule has 0 bridgehead atoms. The van der Waals surface area contributed by atoms with E-state index in [4.69, 9.17) is 4.74 Å². The quantitative estimate of drug-likeness (QED) is 0.866. The number of aromatic nitrogens is 1. The minimum Gasteiger partial charge on any atom is -0.495 e. The Kier molecular flexibility index (Phi) is 4.15. The molecule has 0 aromatic carbocycles. The Balaban J connectivity index is 2.13. The van der Waals surface area contributed by atoms with Crippen LogP contribution in [0.1, 0.15) is 31.7 Å². The van der Waals surface area contributed by atoms with Gasteiger partial charge in [0, 0.05) is 12.2 Å². The second-order valence-electron chi connectivity index (χ2n) is 4.38. The second kappa shape index (κ2) is 5.82. The minimum absolute atomic E-state index is 0.603. The van der Waals surface area contributed by atoms with Gasteiger partial charge in [0.15, 0.2) is 0 Å². The number of methoxy groups -OCH3 is 1.